The average molecular weight is 220 g/mol. The van der Waals surface area contributed by atoms with Crippen LogP contribution in [0.25, 0.3) is 0 Å². The molecule has 90 valence electrons. The molecule has 0 N–H and O–H groups in total. The van der Waals surface area contributed by atoms with Gasteiger partial charge in [0.2, 0.25) is 0 Å². The van der Waals surface area contributed by atoms with Crippen LogP contribution in [0.5, 0.6) is 0 Å². The maximum Gasteiger partial charge on any atom is 0.0789 e. The Balaban J connectivity index is 2.39. The zero-order valence-electron chi connectivity index (χ0n) is 11.1. The summed E-state index contributed by atoms with van der Waals surface area (Å²) in [6, 6.07) is 10.8. The standard InChI is InChI=1S/C15H26N/c1-4-16(5-2,6-3)14-10-13-15-11-8-7-9-12-15/h7-9,11-12H,4-6,10,13-14H2,1-3H3/q+1. The fraction of sp³-hybridized carbons (Fsp3) is 0.600. The molecule has 16 heavy (non-hydrogen) atoms. The Hall–Kier alpha value is -0.820. The largest absolute Gasteiger partial charge is 0.324 e. The minimum Gasteiger partial charge on any atom is -0.324 e. The Morgan fingerprint density at radius 2 is 1.44 bits per heavy atom. The van der Waals surface area contributed by atoms with Gasteiger partial charge in [0.25, 0.3) is 0 Å². The summed E-state index contributed by atoms with van der Waals surface area (Å²) in [5, 5.41) is 0. The Labute approximate surface area is 101 Å². The molecule has 0 saturated carbocycles. The van der Waals surface area contributed by atoms with Gasteiger partial charge in [0.15, 0.2) is 0 Å². The summed E-state index contributed by atoms with van der Waals surface area (Å²) in [4.78, 5) is 0. The highest BCUT2D eigenvalue weighted by atomic mass is 15.3. The number of quaternary nitrogens is 1. The Kier molecular flexibility index (Phi) is 5.54. The molecule has 0 aliphatic rings. The van der Waals surface area contributed by atoms with Crippen molar-refractivity contribution >= 4 is 0 Å². The van der Waals surface area contributed by atoms with Crippen LogP contribution in [0, 0.1) is 0 Å². The lowest BCUT2D eigenvalue weighted by atomic mass is 10.1. The van der Waals surface area contributed by atoms with E-state index in [1.807, 2.05) is 0 Å². The molecule has 0 heterocycles. The lowest BCUT2D eigenvalue weighted by Crippen LogP contribution is -2.48. The molecule has 0 fully saturated rings. The summed E-state index contributed by atoms with van der Waals surface area (Å²) in [6.07, 6.45) is 2.53. The topological polar surface area (TPSA) is 0 Å². The predicted octanol–water partition coefficient (Wildman–Crippen LogP) is 3.50. The summed E-state index contributed by atoms with van der Waals surface area (Å²) >= 11 is 0. The molecular formula is C15H26N+. The normalized spacial score (nSPS) is 11.7. The van der Waals surface area contributed by atoms with E-state index < -0.39 is 0 Å². The van der Waals surface area contributed by atoms with Crippen molar-refractivity contribution in [3.8, 4) is 0 Å². The van der Waals surface area contributed by atoms with Crippen LogP contribution in [0.4, 0.5) is 0 Å². The van der Waals surface area contributed by atoms with Gasteiger partial charge >= 0.3 is 0 Å². The van der Waals surface area contributed by atoms with Crippen molar-refractivity contribution < 1.29 is 4.48 Å². The molecular weight excluding hydrogens is 194 g/mol. The van der Waals surface area contributed by atoms with Crippen LogP contribution in [0.3, 0.4) is 0 Å². The van der Waals surface area contributed by atoms with Crippen molar-refractivity contribution in [2.45, 2.75) is 33.6 Å². The molecule has 0 unspecified atom stereocenters. The van der Waals surface area contributed by atoms with Gasteiger partial charge in [0.05, 0.1) is 26.2 Å². The third-order valence-electron chi connectivity index (χ3n) is 3.95. The van der Waals surface area contributed by atoms with Gasteiger partial charge in [-0.3, -0.25) is 0 Å². The van der Waals surface area contributed by atoms with Crippen LogP contribution in [0.15, 0.2) is 30.3 Å². The second kappa shape index (κ2) is 6.70. The van der Waals surface area contributed by atoms with E-state index in [4.69, 9.17) is 0 Å². The van der Waals surface area contributed by atoms with Crippen LogP contribution in [-0.4, -0.2) is 30.7 Å². The number of rotatable bonds is 7. The van der Waals surface area contributed by atoms with Crippen molar-refractivity contribution in [3.05, 3.63) is 35.9 Å². The van der Waals surface area contributed by atoms with E-state index in [9.17, 15) is 0 Å². The van der Waals surface area contributed by atoms with Gasteiger partial charge in [0, 0.05) is 6.42 Å². The minimum atomic E-state index is 1.22. The fourth-order valence-corrected chi connectivity index (χ4v) is 2.41. The Morgan fingerprint density at radius 3 is 1.94 bits per heavy atom. The average Bonchev–Trinajstić information content (AvgIpc) is 2.37. The number of aryl methyl sites for hydroxylation is 1. The van der Waals surface area contributed by atoms with Crippen molar-refractivity contribution in [1.29, 1.82) is 0 Å². The molecule has 1 aromatic carbocycles. The molecule has 0 radical (unpaired) electrons. The second-order valence-corrected chi connectivity index (χ2v) is 4.60. The molecule has 0 atom stereocenters. The van der Waals surface area contributed by atoms with Crippen molar-refractivity contribution in [2.75, 3.05) is 26.2 Å². The van der Waals surface area contributed by atoms with Gasteiger partial charge in [-0.2, -0.15) is 0 Å². The van der Waals surface area contributed by atoms with Crippen LogP contribution in [0.2, 0.25) is 0 Å². The van der Waals surface area contributed by atoms with Crippen LogP contribution in [0.1, 0.15) is 32.8 Å². The highest BCUT2D eigenvalue weighted by Gasteiger charge is 2.19. The summed E-state index contributed by atoms with van der Waals surface area (Å²) < 4.78 is 1.27. The third-order valence-corrected chi connectivity index (χ3v) is 3.95. The van der Waals surface area contributed by atoms with Gasteiger partial charge in [-0.15, -0.1) is 0 Å². The number of benzene rings is 1. The molecule has 0 saturated heterocycles. The van der Waals surface area contributed by atoms with E-state index in [1.54, 1.807) is 0 Å². The Bertz CT molecular complexity index is 266. The van der Waals surface area contributed by atoms with Crippen LogP contribution < -0.4 is 0 Å². The van der Waals surface area contributed by atoms with Crippen LogP contribution in [-0.2, 0) is 6.42 Å². The van der Waals surface area contributed by atoms with Crippen LogP contribution >= 0.6 is 0 Å². The highest BCUT2D eigenvalue weighted by molar-refractivity contribution is 5.14. The number of hydrogen-bond acceptors (Lipinski definition) is 0. The molecule has 1 aromatic rings. The molecule has 0 aliphatic heterocycles. The molecule has 1 nitrogen and oxygen atoms in total. The van der Waals surface area contributed by atoms with Gasteiger partial charge in [-0.1, -0.05) is 30.3 Å². The third kappa shape index (κ3) is 3.64. The highest BCUT2D eigenvalue weighted by Crippen LogP contribution is 2.10. The first-order chi connectivity index (χ1) is 7.76. The van der Waals surface area contributed by atoms with Gasteiger partial charge < -0.3 is 4.48 Å². The monoisotopic (exact) mass is 220 g/mol. The van der Waals surface area contributed by atoms with Crippen molar-refractivity contribution in [2.24, 2.45) is 0 Å². The van der Waals surface area contributed by atoms with Gasteiger partial charge in [0.1, 0.15) is 0 Å². The van der Waals surface area contributed by atoms with Crippen molar-refractivity contribution in [1.82, 2.24) is 0 Å². The smallest absolute Gasteiger partial charge is 0.0789 e. The first-order valence-corrected chi connectivity index (χ1v) is 6.65. The van der Waals surface area contributed by atoms with Gasteiger partial charge in [-0.05, 0) is 32.8 Å². The first kappa shape index (κ1) is 13.2. The van der Waals surface area contributed by atoms with E-state index >= 15 is 0 Å². The molecule has 1 rings (SSSR count). The molecule has 0 amide bonds. The SMILES string of the molecule is CC[N+](CC)(CC)CCCc1ccccc1. The van der Waals surface area contributed by atoms with E-state index in [1.165, 1.54) is 49.1 Å². The zero-order chi connectivity index (χ0) is 11.9. The summed E-state index contributed by atoms with van der Waals surface area (Å²) in [7, 11) is 0. The number of nitrogens with zero attached hydrogens (tertiary/aromatic N) is 1. The van der Waals surface area contributed by atoms with Gasteiger partial charge in [-0.25, -0.2) is 0 Å². The van der Waals surface area contributed by atoms with Crippen molar-refractivity contribution in [3.63, 3.8) is 0 Å². The van der Waals surface area contributed by atoms with E-state index in [0.717, 1.165) is 0 Å². The van der Waals surface area contributed by atoms with E-state index in [0.29, 0.717) is 0 Å². The maximum atomic E-state index is 2.31. The lowest BCUT2D eigenvalue weighted by molar-refractivity contribution is -0.923. The second-order valence-electron chi connectivity index (χ2n) is 4.60. The lowest BCUT2D eigenvalue weighted by Gasteiger charge is -2.35. The zero-order valence-corrected chi connectivity index (χ0v) is 11.1. The number of hydrogen-bond donors (Lipinski definition) is 0. The molecule has 0 spiro atoms. The molecule has 0 aliphatic carbocycles. The van der Waals surface area contributed by atoms with E-state index in [2.05, 4.69) is 51.1 Å². The molecule has 0 bridgehead atoms. The molecule has 0 aromatic heterocycles. The summed E-state index contributed by atoms with van der Waals surface area (Å²) in [5.41, 5.74) is 1.48. The quantitative estimate of drug-likeness (QED) is 0.617. The maximum absolute atomic E-state index is 2.31. The Morgan fingerprint density at radius 1 is 0.875 bits per heavy atom. The minimum absolute atomic E-state index is 1.22. The first-order valence-electron chi connectivity index (χ1n) is 6.65. The summed E-state index contributed by atoms with van der Waals surface area (Å²) in [6.45, 7) is 12.1. The molecule has 1 heteroatoms. The van der Waals surface area contributed by atoms with E-state index in [-0.39, 0.29) is 0 Å². The predicted molar refractivity (Wildman–Crippen MR) is 71.5 cm³/mol. The summed E-state index contributed by atoms with van der Waals surface area (Å²) in [5.74, 6) is 0. The fourth-order valence-electron chi connectivity index (χ4n) is 2.41.